The molecule has 2 fully saturated rings. The second kappa shape index (κ2) is 8.25. The smallest absolute Gasteiger partial charge is 0.239 e. The maximum atomic E-state index is 11.9. The normalized spacial score (nSPS) is 24.3. The standard InChI is InChI=1S/C15H27N3O2/c19-14(12-18-10-3-1-2-6-15(18)20)17-9-7-13-5-4-8-16-11-13/h13,16H,1-12H2,(H,17,19). The predicted molar refractivity (Wildman–Crippen MR) is 78.3 cm³/mol. The Morgan fingerprint density at radius 3 is 3.00 bits per heavy atom. The Morgan fingerprint density at radius 1 is 1.30 bits per heavy atom. The van der Waals surface area contributed by atoms with Crippen molar-refractivity contribution in [2.24, 2.45) is 5.92 Å². The van der Waals surface area contributed by atoms with Gasteiger partial charge in [0.2, 0.25) is 11.8 Å². The average molecular weight is 281 g/mol. The van der Waals surface area contributed by atoms with Gasteiger partial charge >= 0.3 is 0 Å². The summed E-state index contributed by atoms with van der Waals surface area (Å²) in [6.07, 6.45) is 7.21. The first-order valence-corrected chi connectivity index (χ1v) is 8.01. The van der Waals surface area contributed by atoms with Crippen LogP contribution in [0.3, 0.4) is 0 Å². The van der Waals surface area contributed by atoms with E-state index in [0.29, 0.717) is 12.3 Å². The molecule has 2 aliphatic heterocycles. The molecule has 0 aromatic rings. The minimum Gasteiger partial charge on any atom is -0.355 e. The van der Waals surface area contributed by atoms with Gasteiger partial charge in [0.05, 0.1) is 6.54 Å². The minimum absolute atomic E-state index is 0.0102. The number of rotatable bonds is 5. The molecule has 2 aliphatic rings. The van der Waals surface area contributed by atoms with E-state index in [-0.39, 0.29) is 18.4 Å². The van der Waals surface area contributed by atoms with Crippen LogP contribution in [0, 0.1) is 5.92 Å². The second-order valence-corrected chi connectivity index (χ2v) is 5.98. The number of likely N-dealkylation sites (tertiary alicyclic amines) is 1. The highest BCUT2D eigenvalue weighted by Crippen LogP contribution is 2.13. The fourth-order valence-corrected chi connectivity index (χ4v) is 3.02. The molecule has 0 aromatic heterocycles. The molecule has 2 heterocycles. The van der Waals surface area contributed by atoms with Crippen LogP contribution < -0.4 is 10.6 Å². The second-order valence-electron chi connectivity index (χ2n) is 5.98. The summed E-state index contributed by atoms with van der Waals surface area (Å²) >= 11 is 0. The topological polar surface area (TPSA) is 61.4 Å². The Morgan fingerprint density at radius 2 is 2.20 bits per heavy atom. The number of piperidine rings is 1. The van der Waals surface area contributed by atoms with Gasteiger partial charge in [-0.1, -0.05) is 6.42 Å². The first kappa shape index (κ1) is 15.3. The summed E-state index contributed by atoms with van der Waals surface area (Å²) in [5.74, 6) is 0.807. The number of nitrogens with zero attached hydrogens (tertiary/aromatic N) is 1. The van der Waals surface area contributed by atoms with E-state index in [1.54, 1.807) is 4.90 Å². The predicted octanol–water partition coefficient (Wildman–Crippen LogP) is 0.895. The molecule has 20 heavy (non-hydrogen) atoms. The number of hydrogen-bond donors (Lipinski definition) is 2. The molecule has 0 radical (unpaired) electrons. The number of nitrogens with one attached hydrogen (secondary N) is 2. The van der Waals surface area contributed by atoms with Gasteiger partial charge in [0, 0.05) is 19.5 Å². The molecule has 0 aliphatic carbocycles. The van der Waals surface area contributed by atoms with Gasteiger partial charge in [-0.15, -0.1) is 0 Å². The summed E-state index contributed by atoms with van der Waals surface area (Å²) in [5, 5.41) is 6.34. The Kier molecular flexibility index (Phi) is 6.30. The van der Waals surface area contributed by atoms with E-state index in [1.807, 2.05) is 0 Å². The molecule has 114 valence electrons. The van der Waals surface area contributed by atoms with Crippen LogP contribution in [0.1, 0.15) is 44.9 Å². The van der Waals surface area contributed by atoms with E-state index >= 15 is 0 Å². The molecule has 2 rings (SSSR count). The first-order chi connectivity index (χ1) is 9.75. The minimum atomic E-state index is -0.0102. The van der Waals surface area contributed by atoms with Gasteiger partial charge < -0.3 is 15.5 Å². The van der Waals surface area contributed by atoms with Crippen molar-refractivity contribution >= 4 is 11.8 Å². The lowest BCUT2D eigenvalue weighted by molar-refractivity contribution is -0.135. The van der Waals surface area contributed by atoms with Crippen LogP contribution >= 0.6 is 0 Å². The van der Waals surface area contributed by atoms with Crippen molar-refractivity contribution in [2.45, 2.75) is 44.9 Å². The fourth-order valence-electron chi connectivity index (χ4n) is 3.02. The van der Waals surface area contributed by atoms with Crippen LogP contribution in [0.4, 0.5) is 0 Å². The SMILES string of the molecule is O=C(CN1CCCCCC1=O)NCCC1CCCNC1. The lowest BCUT2D eigenvalue weighted by atomic mass is 9.96. The maximum absolute atomic E-state index is 11.9. The molecule has 2 N–H and O–H groups in total. The van der Waals surface area contributed by atoms with E-state index in [4.69, 9.17) is 0 Å². The quantitative estimate of drug-likeness (QED) is 0.787. The molecule has 0 bridgehead atoms. The van der Waals surface area contributed by atoms with E-state index in [9.17, 15) is 9.59 Å². The zero-order chi connectivity index (χ0) is 14.2. The summed E-state index contributed by atoms with van der Waals surface area (Å²) in [5.41, 5.74) is 0. The van der Waals surface area contributed by atoms with Crippen LogP contribution in [-0.4, -0.2) is 49.4 Å². The molecule has 0 spiro atoms. The fraction of sp³-hybridized carbons (Fsp3) is 0.867. The largest absolute Gasteiger partial charge is 0.355 e. The first-order valence-electron chi connectivity index (χ1n) is 8.01. The van der Waals surface area contributed by atoms with E-state index < -0.39 is 0 Å². The van der Waals surface area contributed by atoms with Crippen LogP contribution in [0.2, 0.25) is 0 Å². The Hall–Kier alpha value is -1.10. The highest BCUT2D eigenvalue weighted by molar-refractivity contribution is 5.84. The van der Waals surface area contributed by atoms with E-state index in [0.717, 1.165) is 51.9 Å². The van der Waals surface area contributed by atoms with Gasteiger partial charge in [-0.3, -0.25) is 9.59 Å². The van der Waals surface area contributed by atoms with Gasteiger partial charge in [-0.05, 0) is 51.1 Å². The van der Waals surface area contributed by atoms with Gasteiger partial charge in [-0.25, -0.2) is 0 Å². The van der Waals surface area contributed by atoms with Gasteiger partial charge in [0.1, 0.15) is 0 Å². The van der Waals surface area contributed by atoms with Gasteiger partial charge in [0.25, 0.3) is 0 Å². The van der Waals surface area contributed by atoms with Crippen LogP contribution in [0.5, 0.6) is 0 Å². The number of carbonyl (C=O) groups is 2. The third-order valence-corrected chi connectivity index (χ3v) is 4.28. The Labute approximate surface area is 121 Å². The van der Waals surface area contributed by atoms with Gasteiger partial charge in [-0.2, -0.15) is 0 Å². The number of carbonyl (C=O) groups excluding carboxylic acids is 2. The van der Waals surface area contributed by atoms with Crippen molar-refractivity contribution in [1.29, 1.82) is 0 Å². The molecular formula is C15H27N3O2. The summed E-state index contributed by atoms with van der Waals surface area (Å²) in [7, 11) is 0. The zero-order valence-corrected chi connectivity index (χ0v) is 12.3. The highest BCUT2D eigenvalue weighted by atomic mass is 16.2. The summed E-state index contributed by atoms with van der Waals surface area (Å²) in [6.45, 7) is 3.90. The third kappa shape index (κ3) is 5.12. The molecule has 0 saturated carbocycles. The average Bonchev–Trinajstić information content (AvgIpc) is 2.65. The Bertz CT molecular complexity index is 327. The van der Waals surface area contributed by atoms with E-state index in [1.165, 1.54) is 12.8 Å². The molecule has 5 heteroatoms. The molecule has 5 nitrogen and oxygen atoms in total. The van der Waals surface area contributed by atoms with Crippen molar-refractivity contribution in [2.75, 3.05) is 32.7 Å². The van der Waals surface area contributed by atoms with Crippen molar-refractivity contribution in [1.82, 2.24) is 15.5 Å². The third-order valence-electron chi connectivity index (χ3n) is 4.28. The summed E-state index contributed by atoms with van der Waals surface area (Å²) in [4.78, 5) is 25.4. The lowest BCUT2D eigenvalue weighted by Crippen LogP contribution is -2.41. The molecule has 1 atom stereocenters. The Balaban J connectivity index is 1.62. The van der Waals surface area contributed by atoms with Crippen molar-refractivity contribution in [3.05, 3.63) is 0 Å². The maximum Gasteiger partial charge on any atom is 0.239 e. The molecule has 1 unspecified atom stereocenters. The summed E-state index contributed by atoms with van der Waals surface area (Å²) in [6, 6.07) is 0. The number of hydrogen-bond acceptors (Lipinski definition) is 3. The van der Waals surface area contributed by atoms with Crippen LogP contribution in [0.15, 0.2) is 0 Å². The summed E-state index contributed by atoms with van der Waals surface area (Å²) < 4.78 is 0. The van der Waals surface area contributed by atoms with Crippen molar-refractivity contribution in [3.63, 3.8) is 0 Å². The molecule has 2 saturated heterocycles. The highest BCUT2D eigenvalue weighted by Gasteiger charge is 2.19. The zero-order valence-electron chi connectivity index (χ0n) is 12.3. The van der Waals surface area contributed by atoms with Crippen LogP contribution in [0.25, 0.3) is 0 Å². The molecule has 0 aromatic carbocycles. The van der Waals surface area contributed by atoms with Crippen LogP contribution in [-0.2, 0) is 9.59 Å². The van der Waals surface area contributed by atoms with Gasteiger partial charge in [0.15, 0.2) is 0 Å². The monoisotopic (exact) mass is 281 g/mol. The van der Waals surface area contributed by atoms with Crippen molar-refractivity contribution in [3.8, 4) is 0 Å². The number of amides is 2. The van der Waals surface area contributed by atoms with E-state index in [2.05, 4.69) is 10.6 Å². The molecule has 2 amide bonds. The lowest BCUT2D eigenvalue weighted by Gasteiger charge is -2.23. The van der Waals surface area contributed by atoms with Crippen molar-refractivity contribution < 1.29 is 9.59 Å². The molecular weight excluding hydrogens is 254 g/mol.